The van der Waals surface area contributed by atoms with Gasteiger partial charge in [-0.3, -0.25) is 0 Å². The number of allylic oxidation sites excluding steroid dienone is 1. The lowest BCUT2D eigenvalue weighted by Crippen LogP contribution is -2.29. The van der Waals surface area contributed by atoms with Crippen LogP contribution < -0.4 is 10.1 Å². The Hall–Kier alpha value is -2.48. The van der Waals surface area contributed by atoms with E-state index in [1.54, 1.807) is 23.4 Å². The summed E-state index contributed by atoms with van der Waals surface area (Å²) in [5, 5.41) is 8.60. The van der Waals surface area contributed by atoms with Crippen molar-refractivity contribution >= 4 is 23.7 Å². The highest BCUT2D eigenvalue weighted by molar-refractivity contribution is 7.99. The summed E-state index contributed by atoms with van der Waals surface area (Å²) in [5.41, 5.74) is 2.16. The van der Waals surface area contributed by atoms with Crippen LogP contribution in [-0.4, -0.2) is 39.7 Å². The fourth-order valence-corrected chi connectivity index (χ4v) is 3.85. The van der Waals surface area contributed by atoms with Crippen molar-refractivity contribution in [2.24, 2.45) is 0 Å². The summed E-state index contributed by atoms with van der Waals surface area (Å²) in [6.07, 6.45) is 1.96. The summed E-state index contributed by atoms with van der Waals surface area (Å²) in [5.74, 6) is 1.97. The van der Waals surface area contributed by atoms with Crippen LogP contribution in [0.1, 0.15) is 52.1 Å². The molecule has 1 aliphatic rings. The highest BCUT2D eigenvalue weighted by Crippen LogP contribution is 2.37. The number of esters is 1. The van der Waals surface area contributed by atoms with E-state index in [4.69, 9.17) is 9.47 Å². The lowest BCUT2D eigenvalue weighted by Gasteiger charge is -2.28. The molecule has 1 aromatic heterocycles. The lowest BCUT2D eigenvalue weighted by atomic mass is 9.95. The van der Waals surface area contributed by atoms with E-state index in [1.807, 2.05) is 31.2 Å². The number of benzene rings is 1. The molecule has 0 bridgehead atoms. The average Bonchev–Trinajstić information content (AvgIpc) is 3.12. The number of rotatable bonds is 9. The van der Waals surface area contributed by atoms with Crippen LogP contribution in [0.3, 0.4) is 0 Å². The van der Waals surface area contributed by atoms with Gasteiger partial charge in [0.25, 0.3) is 0 Å². The second-order valence-corrected chi connectivity index (χ2v) is 7.78. The van der Waals surface area contributed by atoms with Gasteiger partial charge in [0, 0.05) is 11.4 Å². The van der Waals surface area contributed by atoms with E-state index in [2.05, 4.69) is 29.2 Å². The molecule has 1 atom stereocenters. The van der Waals surface area contributed by atoms with Crippen LogP contribution in [-0.2, 0) is 9.53 Å². The number of carbonyl (C=O) groups excluding carboxylic acids is 1. The van der Waals surface area contributed by atoms with Gasteiger partial charge in [0.1, 0.15) is 11.8 Å². The third-order valence-corrected chi connectivity index (χ3v) is 5.45. The Morgan fingerprint density at radius 1 is 1.28 bits per heavy atom. The van der Waals surface area contributed by atoms with Crippen LogP contribution in [0.15, 0.2) is 40.7 Å². The van der Waals surface area contributed by atoms with Crippen molar-refractivity contribution < 1.29 is 14.3 Å². The molecule has 2 heterocycles. The summed E-state index contributed by atoms with van der Waals surface area (Å²) in [4.78, 5) is 17.4. The van der Waals surface area contributed by atoms with Crippen molar-refractivity contribution in [1.29, 1.82) is 0 Å². The maximum Gasteiger partial charge on any atom is 0.338 e. The maximum atomic E-state index is 12.8. The second-order valence-electron chi connectivity index (χ2n) is 6.72. The van der Waals surface area contributed by atoms with Gasteiger partial charge in [-0.15, -0.1) is 5.10 Å². The van der Waals surface area contributed by atoms with Gasteiger partial charge in [-0.1, -0.05) is 37.7 Å². The number of ether oxygens (including phenoxy) is 2. The van der Waals surface area contributed by atoms with E-state index in [9.17, 15) is 4.79 Å². The third kappa shape index (κ3) is 4.75. The molecule has 0 amide bonds. The molecule has 0 aliphatic carbocycles. The molecule has 156 valence electrons. The summed E-state index contributed by atoms with van der Waals surface area (Å²) in [6, 6.07) is 7.36. The fraction of sp³-hybridized carbons (Fsp3) is 0.476. The SMILES string of the molecule is CCCOc1cccc(C2C(C(=O)OCC)=C(C)Nc3nc(SCCC)nn32)c1. The Kier molecular flexibility index (Phi) is 7.19. The molecule has 1 unspecified atom stereocenters. The topological polar surface area (TPSA) is 78.3 Å². The highest BCUT2D eigenvalue weighted by atomic mass is 32.2. The van der Waals surface area contributed by atoms with E-state index in [-0.39, 0.29) is 5.97 Å². The number of nitrogens with one attached hydrogen (secondary N) is 1. The van der Waals surface area contributed by atoms with Gasteiger partial charge in [-0.05, 0) is 44.4 Å². The Bertz CT molecular complexity index is 894. The molecule has 1 aliphatic heterocycles. The van der Waals surface area contributed by atoms with E-state index < -0.39 is 6.04 Å². The van der Waals surface area contributed by atoms with Gasteiger partial charge in [-0.2, -0.15) is 4.98 Å². The van der Waals surface area contributed by atoms with Crippen LogP contribution in [0.5, 0.6) is 5.75 Å². The smallest absolute Gasteiger partial charge is 0.338 e. The normalized spacial score (nSPS) is 15.7. The number of nitrogens with zero attached hydrogens (tertiary/aromatic N) is 3. The Morgan fingerprint density at radius 3 is 2.83 bits per heavy atom. The van der Waals surface area contributed by atoms with E-state index in [1.165, 1.54) is 0 Å². The quantitative estimate of drug-likeness (QED) is 0.479. The number of thioether (sulfide) groups is 1. The van der Waals surface area contributed by atoms with Gasteiger partial charge < -0.3 is 14.8 Å². The number of carbonyl (C=O) groups is 1. The average molecular weight is 417 g/mol. The third-order valence-electron chi connectivity index (χ3n) is 4.41. The van der Waals surface area contributed by atoms with Gasteiger partial charge in [0.15, 0.2) is 0 Å². The first-order valence-electron chi connectivity index (χ1n) is 10.1. The second kappa shape index (κ2) is 9.82. The Morgan fingerprint density at radius 2 is 2.10 bits per heavy atom. The molecule has 0 spiro atoms. The minimum Gasteiger partial charge on any atom is -0.494 e. The number of anilines is 1. The monoisotopic (exact) mass is 416 g/mol. The molecule has 1 aromatic carbocycles. The molecule has 0 fully saturated rings. The molecule has 1 N–H and O–H groups in total. The van der Waals surface area contributed by atoms with Crippen LogP contribution in [0.25, 0.3) is 0 Å². The largest absolute Gasteiger partial charge is 0.494 e. The van der Waals surface area contributed by atoms with Gasteiger partial charge in [0.2, 0.25) is 11.1 Å². The zero-order chi connectivity index (χ0) is 20.8. The van der Waals surface area contributed by atoms with E-state index >= 15 is 0 Å². The number of aromatic nitrogens is 3. The summed E-state index contributed by atoms with van der Waals surface area (Å²) in [7, 11) is 0. The molecule has 2 aromatic rings. The molecule has 0 saturated carbocycles. The molecular weight excluding hydrogens is 388 g/mol. The maximum absolute atomic E-state index is 12.8. The van der Waals surface area contributed by atoms with Crippen LogP contribution in [0.2, 0.25) is 0 Å². The van der Waals surface area contributed by atoms with Crippen LogP contribution in [0.4, 0.5) is 5.95 Å². The highest BCUT2D eigenvalue weighted by Gasteiger charge is 2.35. The zero-order valence-corrected chi connectivity index (χ0v) is 18.2. The number of hydrogen-bond acceptors (Lipinski definition) is 7. The molecular formula is C21H28N4O3S. The Labute approximate surface area is 175 Å². The first kappa shape index (κ1) is 21.2. The standard InChI is InChI=1S/C21H28N4O3S/c1-5-11-28-16-10-8-9-15(13-16)18-17(19(26)27-7-3)14(4)22-20-23-21(24-25(18)20)29-12-6-2/h8-10,13,18H,5-7,11-12H2,1-4H3,(H,22,23,24). The van der Waals surface area contributed by atoms with Crippen molar-refractivity contribution in [2.45, 2.75) is 51.7 Å². The van der Waals surface area contributed by atoms with Crippen molar-refractivity contribution in [2.75, 3.05) is 24.3 Å². The predicted molar refractivity (Wildman–Crippen MR) is 114 cm³/mol. The molecule has 29 heavy (non-hydrogen) atoms. The van der Waals surface area contributed by atoms with E-state index in [0.717, 1.165) is 35.6 Å². The molecule has 3 rings (SSSR count). The summed E-state index contributed by atoms with van der Waals surface area (Å²) >= 11 is 1.60. The molecule has 8 heteroatoms. The van der Waals surface area contributed by atoms with Gasteiger partial charge in [0.05, 0.1) is 18.8 Å². The lowest BCUT2D eigenvalue weighted by molar-refractivity contribution is -0.139. The van der Waals surface area contributed by atoms with Crippen LogP contribution in [0, 0.1) is 0 Å². The predicted octanol–water partition coefficient (Wildman–Crippen LogP) is 4.42. The summed E-state index contributed by atoms with van der Waals surface area (Å²) in [6.45, 7) is 8.81. The van der Waals surface area contributed by atoms with Crippen molar-refractivity contribution in [3.8, 4) is 5.75 Å². The van der Waals surface area contributed by atoms with Crippen molar-refractivity contribution in [1.82, 2.24) is 14.8 Å². The van der Waals surface area contributed by atoms with E-state index in [0.29, 0.717) is 29.9 Å². The van der Waals surface area contributed by atoms with Crippen molar-refractivity contribution in [3.63, 3.8) is 0 Å². The molecule has 7 nitrogen and oxygen atoms in total. The molecule has 0 radical (unpaired) electrons. The first-order valence-corrected chi connectivity index (χ1v) is 11.0. The number of fused-ring (bicyclic) bond motifs is 1. The minimum absolute atomic E-state index is 0.309. The van der Waals surface area contributed by atoms with Gasteiger partial charge in [-0.25, -0.2) is 9.48 Å². The zero-order valence-electron chi connectivity index (χ0n) is 17.4. The number of hydrogen-bond donors (Lipinski definition) is 1. The minimum atomic E-state index is -0.432. The molecule has 0 saturated heterocycles. The fourth-order valence-electron chi connectivity index (χ4n) is 3.16. The van der Waals surface area contributed by atoms with Crippen molar-refractivity contribution in [3.05, 3.63) is 41.1 Å². The Balaban J connectivity index is 2.06. The van der Waals surface area contributed by atoms with Gasteiger partial charge >= 0.3 is 5.97 Å². The summed E-state index contributed by atoms with van der Waals surface area (Å²) < 4.78 is 12.9. The van der Waals surface area contributed by atoms with Crippen LogP contribution >= 0.6 is 11.8 Å². The first-order chi connectivity index (χ1) is 14.1.